The number of carbonyl (C=O) groups is 1. The molecule has 0 spiro atoms. The molecule has 2 rings (SSSR count). The first kappa shape index (κ1) is 29.3. The monoisotopic (exact) mass is 495 g/mol. The summed E-state index contributed by atoms with van der Waals surface area (Å²) in [6.07, 6.45) is 14.4. The van der Waals surface area contributed by atoms with E-state index >= 15 is 0 Å². The molecule has 0 aliphatic carbocycles. The minimum absolute atomic E-state index is 0.0493. The number of rotatable bonds is 18. The van der Waals surface area contributed by atoms with Crippen molar-refractivity contribution in [1.29, 1.82) is 0 Å². The maximum atomic E-state index is 12.0. The Labute approximate surface area is 209 Å². The minimum Gasteiger partial charge on any atom is -0.463 e. The standard InChI is InChI=1S/C26H45N3O6/c1-2-3-4-5-6-7-8-9-10-11-12-13-14-15-16-22(30)34-19-20-23(31)24(32)25(35-20)29-18-17-21(27)28-26(29)33/h17-18,20,23-25,31-32H,2-16,19H2,1H3,(H2,27,28,33)/t20-,23-,24-,25-/m1/s1. The van der Waals surface area contributed by atoms with Crippen LogP contribution in [0.2, 0.25) is 0 Å². The van der Waals surface area contributed by atoms with E-state index in [0.717, 1.165) is 23.8 Å². The van der Waals surface area contributed by atoms with Gasteiger partial charge in [-0.25, -0.2) is 4.79 Å². The second-order valence-electron chi connectivity index (χ2n) is 9.62. The van der Waals surface area contributed by atoms with Crippen molar-refractivity contribution in [2.45, 2.75) is 128 Å². The van der Waals surface area contributed by atoms with Gasteiger partial charge < -0.3 is 25.4 Å². The van der Waals surface area contributed by atoms with Crippen LogP contribution in [-0.2, 0) is 14.3 Å². The lowest BCUT2D eigenvalue weighted by Gasteiger charge is -2.16. The van der Waals surface area contributed by atoms with Crippen molar-refractivity contribution in [3.8, 4) is 0 Å². The number of aromatic nitrogens is 2. The highest BCUT2D eigenvalue weighted by Crippen LogP contribution is 2.28. The molecular formula is C26H45N3O6. The summed E-state index contributed by atoms with van der Waals surface area (Å²) in [5.74, 6) is -0.308. The molecule has 1 fully saturated rings. The van der Waals surface area contributed by atoms with Crippen molar-refractivity contribution in [3.05, 3.63) is 22.7 Å². The summed E-state index contributed by atoms with van der Waals surface area (Å²) < 4.78 is 11.9. The molecule has 1 saturated heterocycles. The Morgan fingerprint density at radius 3 is 2.06 bits per heavy atom. The Bertz CT molecular complexity index is 787. The highest BCUT2D eigenvalue weighted by Gasteiger charge is 2.44. The van der Waals surface area contributed by atoms with E-state index in [0.29, 0.717) is 6.42 Å². The molecule has 0 aromatic carbocycles. The number of unbranched alkanes of at least 4 members (excludes halogenated alkanes) is 13. The quantitative estimate of drug-likeness (QED) is 0.206. The maximum absolute atomic E-state index is 12.0. The van der Waals surface area contributed by atoms with E-state index in [-0.39, 0.29) is 18.4 Å². The van der Waals surface area contributed by atoms with Crippen LogP contribution >= 0.6 is 0 Å². The van der Waals surface area contributed by atoms with Crippen LogP contribution in [0.1, 0.15) is 109 Å². The zero-order valence-electron chi connectivity index (χ0n) is 21.3. The topological polar surface area (TPSA) is 137 Å². The molecule has 1 aliphatic rings. The Balaban J connectivity index is 1.50. The number of anilines is 1. The van der Waals surface area contributed by atoms with Crippen LogP contribution in [0.25, 0.3) is 0 Å². The largest absolute Gasteiger partial charge is 0.463 e. The third-order valence-electron chi connectivity index (χ3n) is 6.61. The lowest BCUT2D eigenvalue weighted by Crippen LogP contribution is -2.36. The fourth-order valence-electron chi connectivity index (χ4n) is 4.43. The van der Waals surface area contributed by atoms with Crippen molar-refractivity contribution in [2.24, 2.45) is 0 Å². The van der Waals surface area contributed by atoms with Crippen LogP contribution in [0.15, 0.2) is 17.1 Å². The van der Waals surface area contributed by atoms with Crippen LogP contribution in [0.3, 0.4) is 0 Å². The Morgan fingerprint density at radius 1 is 0.971 bits per heavy atom. The summed E-state index contributed by atoms with van der Waals surface area (Å²) in [6.45, 7) is 2.06. The highest BCUT2D eigenvalue weighted by molar-refractivity contribution is 5.69. The smallest absolute Gasteiger partial charge is 0.351 e. The summed E-state index contributed by atoms with van der Waals surface area (Å²) in [7, 11) is 0. The second kappa shape index (κ2) is 16.7. The fourth-order valence-corrected chi connectivity index (χ4v) is 4.43. The summed E-state index contributed by atoms with van der Waals surface area (Å²) in [5, 5.41) is 20.5. The van der Waals surface area contributed by atoms with E-state index in [1.165, 1.54) is 82.9 Å². The predicted molar refractivity (Wildman–Crippen MR) is 135 cm³/mol. The van der Waals surface area contributed by atoms with Crippen molar-refractivity contribution in [2.75, 3.05) is 12.3 Å². The van der Waals surface area contributed by atoms with E-state index in [2.05, 4.69) is 11.9 Å². The van der Waals surface area contributed by atoms with Gasteiger partial charge in [0, 0.05) is 12.6 Å². The highest BCUT2D eigenvalue weighted by atomic mass is 16.6. The average molecular weight is 496 g/mol. The van der Waals surface area contributed by atoms with Gasteiger partial charge in [-0.3, -0.25) is 9.36 Å². The molecule has 1 aliphatic heterocycles. The van der Waals surface area contributed by atoms with Gasteiger partial charge in [0.15, 0.2) is 6.23 Å². The first-order valence-electron chi connectivity index (χ1n) is 13.5. The number of esters is 1. The average Bonchev–Trinajstić information content (AvgIpc) is 3.11. The molecule has 2 heterocycles. The normalized spacial score (nSPS) is 21.9. The first-order valence-corrected chi connectivity index (χ1v) is 13.5. The molecule has 9 nitrogen and oxygen atoms in total. The minimum atomic E-state index is -1.35. The zero-order valence-corrected chi connectivity index (χ0v) is 21.3. The molecule has 35 heavy (non-hydrogen) atoms. The first-order chi connectivity index (χ1) is 16.9. The Morgan fingerprint density at radius 2 is 1.51 bits per heavy atom. The number of aliphatic hydroxyl groups is 2. The van der Waals surface area contributed by atoms with E-state index in [4.69, 9.17) is 15.2 Å². The Hall–Kier alpha value is -1.97. The molecule has 0 unspecified atom stereocenters. The number of hydrogen-bond acceptors (Lipinski definition) is 8. The number of carbonyl (C=O) groups excluding carboxylic acids is 1. The molecule has 1 aromatic heterocycles. The lowest BCUT2D eigenvalue weighted by molar-refractivity contribution is -0.150. The molecule has 9 heteroatoms. The predicted octanol–water partition coefficient (Wildman–Crippen LogP) is 3.86. The van der Waals surface area contributed by atoms with Gasteiger partial charge in [-0.1, -0.05) is 90.4 Å². The van der Waals surface area contributed by atoms with Crippen molar-refractivity contribution in [1.82, 2.24) is 9.55 Å². The van der Waals surface area contributed by atoms with E-state index < -0.39 is 30.2 Å². The van der Waals surface area contributed by atoms with Crippen LogP contribution in [0.5, 0.6) is 0 Å². The van der Waals surface area contributed by atoms with E-state index in [1.54, 1.807) is 0 Å². The maximum Gasteiger partial charge on any atom is 0.351 e. The second-order valence-corrected chi connectivity index (χ2v) is 9.62. The third-order valence-corrected chi connectivity index (χ3v) is 6.61. The number of aliphatic hydroxyl groups excluding tert-OH is 2. The summed E-state index contributed by atoms with van der Waals surface area (Å²) >= 11 is 0. The zero-order chi connectivity index (χ0) is 25.5. The molecule has 4 N–H and O–H groups in total. The fraction of sp³-hybridized carbons (Fsp3) is 0.808. The van der Waals surface area contributed by atoms with Gasteiger partial charge in [-0.05, 0) is 12.5 Å². The SMILES string of the molecule is CCCCCCCCCCCCCCCCC(=O)OC[C@H]1O[C@@H](n2ccc(N)nc2=O)[C@H](O)[C@@H]1O. The van der Waals surface area contributed by atoms with Crippen LogP contribution in [-0.4, -0.2) is 50.7 Å². The summed E-state index contributed by atoms with van der Waals surface area (Å²) in [5.41, 5.74) is 4.78. The molecular weight excluding hydrogens is 450 g/mol. The van der Waals surface area contributed by atoms with Gasteiger partial charge in [-0.2, -0.15) is 4.98 Å². The molecule has 0 radical (unpaired) electrons. The van der Waals surface area contributed by atoms with Crippen molar-refractivity contribution in [3.63, 3.8) is 0 Å². The van der Waals surface area contributed by atoms with Gasteiger partial charge in [0.1, 0.15) is 30.7 Å². The number of nitrogen functional groups attached to an aromatic ring is 1. The lowest BCUT2D eigenvalue weighted by atomic mass is 10.0. The van der Waals surface area contributed by atoms with Crippen molar-refractivity contribution < 1.29 is 24.5 Å². The molecule has 1 aromatic rings. The number of hydrogen-bond donors (Lipinski definition) is 3. The molecule has 0 bridgehead atoms. The summed E-state index contributed by atoms with van der Waals surface area (Å²) in [4.78, 5) is 27.6. The summed E-state index contributed by atoms with van der Waals surface area (Å²) in [6, 6.07) is 1.40. The number of nitrogens with two attached hydrogens (primary N) is 1. The number of nitrogens with zero attached hydrogens (tertiary/aromatic N) is 2. The van der Waals surface area contributed by atoms with Gasteiger partial charge >= 0.3 is 11.7 Å². The van der Waals surface area contributed by atoms with E-state index in [1.807, 2.05) is 0 Å². The van der Waals surface area contributed by atoms with Crippen LogP contribution in [0.4, 0.5) is 5.82 Å². The number of ether oxygens (including phenoxy) is 2. The third kappa shape index (κ3) is 10.7. The molecule has 0 saturated carbocycles. The van der Waals surface area contributed by atoms with Gasteiger partial charge in [-0.15, -0.1) is 0 Å². The molecule has 200 valence electrons. The molecule has 4 atom stereocenters. The van der Waals surface area contributed by atoms with Gasteiger partial charge in [0.2, 0.25) is 0 Å². The van der Waals surface area contributed by atoms with Gasteiger partial charge in [0.25, 0.3) is 0 Å². The van der Waals surface area contributed by atoms with Crippen molar-refractivity contribution >= 4 is 11.8 Å². The molecule has 0 amide bonds. The van der Waals surface area contributed by atoms with Gasteiger partial charge in [0.05, 0.1) is 0 Å². The van der Waals surface area contributed by atoms with Crippen LogP contribution < -0.4 is 11.4 Å². The van der Waals surface area contributed by atoms with E-state index in [9.17, 15) is 19.8 Å². The van der Waals surface area contributed by atoms with Crippen LogP contribution in [0, 0.1) is 0 Å². The Kier molecular flexibility index (Phi) is 13.9.